The summed E-state index contributed by atoms with van der Waals surface area (Å²) in [5.74, 6) is 1.78. The Hall–Kier alpha value is -1.37. The lowest BCUT2D eigenvalue weighted by atomic mass is 9.64. The molecular formula is C27H43N. The van der Waals surface area contributed by atoms with Crippen molar-refractivity contribution in [3.63, 3.8) is 0 Å². The molecule has 2 rings (SSSR count). The number of aliphatic imine (C=N–C) groups is 1. The highest BCUT2D eigenvalue weighted by molar-refractivity contribution is 6.03. The van der Waals surface area contributed by atoms with Crippen LogP contribution in [-0.4, -0.2) is 12.3 Å². The molecule has 0 saturated carbocycles. The standard InChI is InChI=1S/C27H43N/c1-10-20(4)23-16-19(3)17-24-21(5)12-14-27(9,26(7,8)11-2)15-13-22(6)25(24)28-18-23/h12-17,19-22H,10-11,18H2,1-9H3/b14-12-,15-13-,23-16?,24-17-,28-25?. The molecule has 0 N–H and O–H groups in total. The molecule has 5 unspecified atom stereocenters. The van der Waals surface area contributed by atoms with Crippen molar-refractivity contribution < 1.29 is 0 Å². The van der Waals surface area contributed by atoms with Crippen molar-refractivity contribution in [2.24, 2.45) is 39.5 Å². The van der Waals surface area contributed by atoms with E-state index in [0.29, 0.717) is 23.7 Å². The van der Waals surface area contributed by atoms with E-state index < -0.39 is 0 Å². The van der Waals surface area contributed by atoms with Crippen LogP contribution in [0.15, 0.2) is 52.6 Å². The summed E-state index contributed by atoms with van der Waals surface area (Å²) in [5, 5.41) is 0. The van der Waals surface area contributed by atoms with Crippen LogP contribution in [0.3, 0.4) is 0 Å². The minimum atomic E-state index is 0.0523. The smallest absolute Gasteiger partial charge is 0.0606 e. The second-order valence-corrected chi connectivity index (χ2v) is 10.0. The molecule has 0 aromatic rings. The monoisotopic (exact) mass is 381 g/mol. The number of rotatable bonds is 4. The minimum absolute atomic E-state index is 0.0523. The van der Waals surface area contributed by atoms with Crippen LogP contribution >= 0.6 is 0 Å². The van der Waals surface area contributed by atoms with Crippen LogP contribution in [0.25, 0.3) is 0 Å². The maximum absolute atomic E-state index is 5.19. The first-order chi connectivity index (χ1) is 13.0. The first-order valence-corrected chi connectivity index (χ1v) is 11.4. The van der Waals surface area contributed by atoms with Gasteiger partial charge in [-0.25, -0.2) is 0 Å². The van der Waals surface area contributed by atoms with Crippen molar-refractivity contribution in [2.45, 2.75) is 75.2 Å². The number of nitrogens with zero attached hydrogens (tertiary/aromatic N) is 1. The molecule has 1 aliphatic carbocycles. The first kappa shape index (κ1) is 22.9. The summed E-state index contributed by atoms with van der Waals surface area (Å²) in [5.41, 5.74) is 4.47. The van der Waals surface area contributed by atoms with Crippen molar-refractivity contribution in [3.05, 3.63) is 47.6 Å². The SMILES string of the molecule is CCC(C)C1=CC(C)/C=C2\C(=NC1)C(C)/C=C\C(C)(C(C)(C)CC)/C=C\C2C. The van der Waals surface area contributed by atoms with Gasteiger partial charge < -0.3 is 0 Å². The Morgan fingerprint density at radius 2 is 1.68 bits per heavy atom. The van der Waals surface area contributed by atoms with Gasteiger partial charge in [-0.15, -0.1) is 0 Å². The lowest BCUT2D eigenvalue weighted by Crippen LogP contribution is -2.31. The molecule has 0 amide bonds. The summed E-state index contributed by atoms with van der Waals surface area (Å²) in [6, 6.07) is 0. The van der Waals surface area contributed by atoms with Gasteiger partial charge in [-0.3, -0.25) is 4.99 Å². The van der Waals surface area contributed by atoms with E-state index in [-0.39, 0.29) is 10.8 Å². The second kappa shape index (κ2) is 8.97. The van der Waals surface area contributed by atoms with Gasteiger partial charge in [0.2, 0.25) is 0 Å². The fraction of sp³-hybridized carbons (Fsp3) is 0.667. The average Bonchev–Trinajstić information content (AvgIpc) is 2.69. The van der Waals surface area contributed by atoms with E-state index in [1.54, 1.807) is 0 Å². The van der Waals surface area contributed by atoms with Crippen molar-refractivity contribution in [1.29, 1.82) is 0 Å². The van der Waals surface area contributed by atoms with Crippen LogP contribution in [0.1, 0.15) is 75.2 Å². The summed E-state index contributed by atoms with van der Waals surface area (Å²) in [7, 11) is 0. The van der Waals surface area contributed by atoms with Gasteiger partial charge in [-0.1, -0.05) is 98.8 Å². The van der Waals surface area contributed by atoms with Crippen LogP contribution in [-0.2, 0) is 0 Å². The van der Waals surface area contributed by atoms with Crippen molar-refractivity contribution in [2.75, 3.05) is 6.54 Å². The largest absolute Gasteiger partial charge is 0.284 e. The first-order valence-electron chi connectivity index (χ1n) is 11.4. The maximum Gasteiger partial charge on any atom is 0.0606 e. The molecule has 28 heavy (non-hydrogen) atoms. The molecule has 5 atom stereocenters. The zero-order valence-electron chi connectivity index (χ0n) is 19.8. The molecule has 156 valence electrons. The lowest BCUT2D eigenvalue weighted by Gasteiger charge is -2.40. The zero-order chi connectivity index (χ0) is 21.1. The summed E-state index contributed by atoms with van der Waals surface area (Å²) in [6.45, 7) is 21.9. The molecule has 0 saturated heterocycles. The van der Waals surface area contributed by atoms with E-state index in [4.69, 9.17) is 4.99 Å². The Morgan fingerprint density at radius 3 is 2.25 bits per heavy atom. The molecule has 0 fully saturated rings. The van der Waals surface area contributed by atoms with Crippen molar-refractivity contribution in [3.8, 4) is 0 Å². The van der Waals surface area contributed by atoms with Gasteiger partial charge in [0.05, 0.1) is 6.54 Å². The second-order valence-electron chi connectivity index (χ2n) is 10.0. The molecule has 1 heterocycles. The van der Waals surface area contributed by atoms with Crippen LogP contribution in [0.4, 0.5) is 0 Å². The molecule has 0 radical (unpaired) electrons. The normalized spacial score (nSPS) is 36.8. The summed E-state index contributed by atoms with van der Waals surface area (Å²) in [4.78, 5) is 5.19. The molecule has 0 aromatic heterocycles. The van der Waals surface area contributed by atoms with E-state index in [1.807, 2.05) is 0 Å². The Kier molecular flexibility index (Phi) is 7.34. The van der Waals surface area contributed by atoms with Crippen LogP contribution in [0.5, 0.6) is 0 Å². The highest BCUT2D eigenvalue weighted by Gasteiger charge is 2.36. The Morgan fingerprint density at radius 1 is 1.07 bits per heavy atom. The third-order valence-electron chi connectivity index (χ3n) is 7.62. The number of allylic oxidation sites excluding steroid dienone is 7. The third-order valence-corrected chi connectivity index (χ3v) is 7.62. The van der Waals surface area contributed by atoms with E-state index in [1.165, 1.54) is 23.3 Å². The Balaban J connectivity index is 2.55. The van der Waals surface area contributed by atoms with Crippen molar-refractivity contribution >= 4 is 5.71 Å². The highest BCUT2D eigenvalue weighted by Crippen LogP contribution is 2.45. The third kappa shape index (κ3) is 4.78. The summed E-state index contributed by atoms with van der Waals surface area (Å²) < 4.78 is 0. The summed E-state index contributed by atoms with van der Waals surface area (Å²) in [6.07, 6.45) is 17.0. The molecule has 0 spiro atoms. The zero-order valence-corrected chi connectivity index (χ0v) is 19.8. The molecule has 1 nitrogen and oxygen atoms in total. The van der Waals surface area contributed by atoms with E-state index in [0.717, 1.165) is 13.0 Å². The van der Waals surface area contributed by atoms with E-state index in [2.05, 4.69) is 98.8 Å². The molecular weight excluding hydrogens is 338 g/mol. The van der Waals surface area contributed by atoms with Gasteiger partial charge >= 0.3 is 0 Å². The van der Waals surface area contributed by atoms with E-state index in [9.17, 15) is 0 Å². The number of fused-ring (bicyclic) bond motifs is 1. The molecule has 2 aliphatic rings. The topological polar surface area (TPSA) is 12.4 Å². The van der Waals surface area contributed by atoms with Gasteiger partial charge in [0.25, 0.3) is 0 Å². The van der Waals surface area contributed by atoms with Gasteiger partial charge in [0.15, 0.2) is 0 Å². The fourth-order valence-corrected chi connectivity index (χ4v) is 4.22. The van der Waals surface area contributed by atoms with Gasteiger partial charge in [0.1, 0.15) is 0 Å². The quantitative estimate of drug-likeness (QED) is 0.440. The fourth-order valence-electron chi connectivity index (χ4n) is 4.22. The maximum atomic E-state index is 5.19. The van der Waals surface area contributed by atoms with Gasteiger partial charge in [0, 0.05) is 23.0 Å². The predicted molar refractivity (Wildman–Crippen MR) is 126 cm³/mol. The van der Waals surface area contributed by atoms with Crippen LogP contribution < -0.4 is 0 Å². The minimum Gasteiger partial charge on any atom is -0.284 e. The van der Waals surface area contributed by atoms with Crippen LogP contribution in [0, 0.1) is 34.5 Å². The Bertz CT molecular complexity index is 700. The summed E-state index contributed by atoms with van der Waals surface area (Å²) >= 11 is 0. The van der Waals surface area contributed by atoms with E-state index >= 15 is 0 Å². The highest BCUT2D eigenvalue weighted by atomic mass is 14.8. The number of hydrogen-bond acceptors (Lipinski definition) is 1. The van der Waals surface area contributed by atoms with Gasteiger partial charge in [-0.05, 0) is 41.2 Å². The predicted octanol–water partition coefficient (Wildman–Crippen LogP) is 7.82. The van der Waals surface area contributed by atoms with Gasteiger partial charge in [-0.2, -0.15) is 0 Å². The molecule has 1 aliphatic heterocycles. The Labute approximate surface area is 174 Å². The average molecular weight is 382 g/mol. The molecule has 0 bridgehead atoms. The van der Waals surface area contributed by atoms with Crippen molar-refractivity contribution in [1.82, 2.24) is 0 Å². The molecule has 0 aromatic carbocycles. The lowest BCUT2D eigenvalue weighted by molar-refractivity contribution is 0.189. The molecule has 1 heteroatoms. The van der Waals surface area contributed by atoms with Crippen LogP contribution in [0.2, 0.25) is 0 Å². The number of hydrogen-bond donors (Lipinski definition) is 0.